The number of hydrogen-bond donors (Lipinski definition) is 2. The van der Waals surface area contributed by atoms with Gasteiger partial charge in [0, 0.05) is 6.54 Å². The number of aliphatic hydroxyl groups is 1. The molecule has 0 saturated heterocycles. The largest absolute Gasteiger partial charge is 0.389 e. The summed E-state index contributed by atoms with van der Waals surface area (Å²) in [5.74, 6) is -0.0598. The summed E-state index contributed by atoms with van der Waals surface area (Å²) >= 11 is 0. The third kappa shape index (κ3) is 5.30. The van der Waals surface area contributed by atoms with Crippen molar-refractivity contribution in [2.24, 2.45) is 0 Å². The Hall–Kier alpha value is -0.910. The Balaban J connectivity index is 2.71. The van der Waals surface area contributed by atoms with E-state index in [1.165, 1.54) is 0 Å². The van der Waals surface area contributed by atoms with Gasteiger partial charge in [-0.05, 0) is 31.9 Å². The quantitative estimate of drug-likeness (QED) is 0.832. The Labute approximate surface area is 103 Å². The SMILES string of the molecule is Cc1ccccc1CS(=O)(=O)NCC(C)(C)O. The van der Waals surface area contributed by atoms with Gasteiger partial charge in [-0.3, -0.25) is 0 Å². The van der Waals surface area contributed by atoms with Crippen LogP contribution in [0.2, 0.25) is 0 Å². The zero-order valence-corrected chi connectivity index (χ0v) is 11.2. The van der Waals surface area contributed by atoms with Gasteiger partial charge in [0.05, 0.1) is 11.4 Å². The van der Waals surface area contributed by atoms with Crippen molar-refractivity contribution in [1.29, 1.82) is 0 Å². The van der Waals surface area contributed by atoms with Crippen LogP contribution in [0.15, 0.2) is 24.3 Å². The predicted octanol–water partition coefficient (Wildman–Crippen LogP) is 1.19. The number of aryl methyl sites for hydroxylation is 1. The van der Waals surface area contributed by atoms with E-state index >= 15 is 0 Å². The van der Waals surface area contributed by atoms with Crippen LogP contribution in [0.4, 0.5) is 0 Å². The van der Waals surface area contributed by atoms with Gasteiger partial charge in [-0.2, -0.15) is 0 Å². The summed E-state index contributed by atoms with van der Waals surface area (Å²) in [6, 6.07) is 7.35. The fraction of sp³-hybridized carbons (Fsp3) is 0.500. The van der Waals surface area contributed by atoms with Crippen molar-refractivity contribution in [3.05, 3.63) is 35.4 Å². The average molecular weight is 257 g/mol. The Morgan fingerprint density at radius 2 is 1.88 bits per heavy atom. The van der Waals surface area contributed by atoms with Crippen molar-refractivity contribution in [2.45, 2.75) is 32.1 Å². The van der Waals surface area contributed by atoms with E-state index in [4.69, 9.17) is 0 Å². The van der Waals surface area contributed by atoms with Gasteiger partial charge in [-0.15, -0.1) is 0 Å². The van der Waals surface area contributed by atoms with Gasteiger partial charge in [0.2, 0.25) is 10.0 Å². The molecule has 1 rings (SSSR count). The van der Waals surface area contributed by atoms with Crippen molar-refractivity contribution in [3.63, 3.8) is 0 Å². The lowest BCUT2D eigenvalue weighted by Crippen LogP contribution is -2.38. The first-order chi connectivity index (χ1) is 7.70. The van der Waals surface area contributed by atoms with Gasteiger partial charge >= 0.3 is 0 Å². The van der Waals surface area contributed by atoms with Crippen molar-refractivity contribution in [2.75, 3.05) is 6.54 Å². The lowest BCUT2D eigenvalue weighted by molar-refractivity contribution is 0.0857. The minimum Gasteiger partial charge on any atom is -0.389 e. The highest BCUT2D eigenvalue weighted by Crippen LogP contribution is 2.11. The van der Waals surface area contributed by atoms with E-state index < -0.39 is 15.6 Å². The molecule has 0 atom stereocenters. The Bertz CT molecular complexity index is 475. The van der Waals surface area contributed by atoms with Crippen molar-refractivity contribution in [3.8, 4) is 0 Å². The van der Waals surface area contributed by atoms with E-state index in [0.29, 0.717) is 0 Å². The summed E-state index contributed by atoms with van der Waals surface area (Å²) in [5, 5.41) is 9.47. The molecular weight excluding hydrogens is 238 g/mol. The maximum Gasteiger partial charge on any atom is 0.215 e. The molecule has 1 aromatic carbocycles. The Morgan fingerprint density at radius 3 is 2.41 bits per heavy atom. The predicted molar refractivity (Wildman–Crippen MR) is 68.1 cm³/mol. The first kappa shape index (κ1) is 14.2. The fourth-order valence-electron chi connectivity index (χ4n) is 1.31. The van der Waals surface area contributed by atoms with E-state index in [1.807, 2.05) is 25.1 Å². The van der Waals surface area contributed by atoms with Crippen molar-refractivity contribution < 1.29 is 13.5 Å². The molecule has 0 bridgehead atoms. The fourth-order valence-corrected chi connectivity index (χ4v) is 2.72. The van der Waals surface area contributed by atoms with E-state index in [1.54, 1.807) is 19.9 Å². The van der Waals surface area contributed by atoms with Gasteiger partial charge < -0.3 is 5.11 Å². The molecule has 0 unspecified atom stereocenters. The summed E-state index contributed by atoms with van der Waals surface area (Å²) in [4.78, 5) is 0. The molecule has 0 spiro atoms. The lowest BCUT2D eigenvalue weighted by atomic mass is 10.1. The molecule has 0 fully saturated rings. The molecule has 0 amide bonds. The molecule has 1 aromatic rings. The first-order valence-electron chi connectivity index (χ1n) is 5.44. The van der Waals surface area contributed by atoms with Crippen LogP contribution in [0.1, 0.15) is 25.0 Å². The lowest BCUT2D eigenvalue weighted by Gasteiger charge is -2.18. The molecular formula is C12H19NO3S. The summed E-state index contributed by atoms with van der Waals surface area (Å²) in [7, 11) is -3.40. The number of sulfonamides is 1. The van der Waals surface area contributed by atoms with Gasteiger partial charge in [-0.25, -0.2) is 13.1 Å². The summed E-state index contributed by atoms with van der Waals surface area (Å²) in [6.07, 6.45) is 0. The second-order valence-electron chi connectivity index (χ2n) is 4.82. The standard InChI is InChI=1S/C12H19NO3S/c1-10-6-4-5-7-11(10)8-17(15,16)13-9-12(2,3)14/h4-7,13-14H,8-9H2,1-3H3. The highest BCUT2D eigenvalue weighted by Gasteiger charge is 2.18. The number of benzene rings is 1. The van der Waals surface area contributed by atoms with E-state index in [9.17, 15) is 13.5 Å². The molecule has 0 saturated carbocycles. The van der Waals surface area contributed by atoms with Crippen LogP contribution in [-0.2, 0) is 15.8 Å². The molecule has 0 aromatic heterocycles. The van der Waals surface area contributed by atoms with Gasteiger partial charge in [0.25, 0.3) is 0 Å². The van der Waals surface area contributed by atoms with E-state index in [-0.39, 0.29) is 12.3 Å². The van der Waals surface area contributed by atoms with Crippen LogP contribution < -0.4 is 4.72 Å². The van der Waals surface area contributed by atoms with Gasteiger partial charge in [0.1, 0.15) is 0 Å². The number of hydrogen-bond acceptors (Lipinski definition) is 3. The molecule has 4 nitrogen and oxygen atoms in total. The van der Waals surface area contributed by atoms with Crippen LogP contribution in [0.3, 0.4) is 0 Å². The molecule has 0 aliphatic carbocycles. The average Bonchev–Trinajstić information content (AvgIpc) is 2.18. The Kier molecular flexibility index (Phi) is 4.30. The molecule has 2 N–H and O–H groups in total. The number of nitrogens with one attached hydrogen (secondary N) is 1. The maximum atomic E-state index is 11.8. The normalized spacial score (nSPS) is 12.7. The highest BCUT2D eigenvalue weighted by atomic mass is 32.2. The first-order valence-corrected chi connectivity index (χ1v) is 7.09. The second kappa shape index (κ2) is 5.16. The zero-order chi connectivity index (χ0) is 13.1. The van der Waals surface area contributed by atoms with E-state index in [0.717, 1.165) is 11.1 Å². The smallest absolute Gasteiger partial charge is 0.215 e. The van der Waals surface area contributed by atoms with Crippen LogP contribution in [-0.4, -0.2) is 25.7 Å². The topological polar surface area (TPSA) is 66.4 Å². The summed E-state index contributed by atoms with van der Waals surface area (Å²) < 4.78 is 26.0. The van der Waals surface area contributed by atoms with Crippen LogP contribution in [0, 0.1) is 6.92 Å². The van der Waals surface area contributed by atoms with E-state index in [2.05, 4.69) is 4.72 Å². The second-order valence-corrected chi connectivity index (χ2v) is 6.63. The zero-order valence-electron chi connectivity index (χ0n) is 10.4. The Morgan fingerprint density at radius 1 is 1.29 bits per heavy atom. The minimum absolute atomic E-state index is 0.0151. The monoisotopic (exact) mass is 257 g/mol. The molecule has 0 radical (unpaired) electrons. The van der Waals surface area contributed by atoms with Crippen molar-refractivity contribution in [1.82, 2.24) is 4.72 Å². The van der Waals surface area contributed by atoms with Crippen LogP contribution >= 0.6 is 0 Å². The summed E-state index contributed by atoms with van der Waals surface area (Å²) in [6.45, 7) is 5.01. The molecule has 0 heterocycles. The highest BCUT2D eigenvalue weighted by molar-refractivity contribution is 7.88. The van der Waals surface area contributed by atoms with Gasteiger partial charge in [-0.1, -0.05) is 24.3 Å². The van der Waals surface area contributed by atoms with Crippen molar-refractivity contribution >= 4 is 10.0 Å². The number of rotatable bonds is 5. The molecule has 96 valence electrons. The molecule has 5 heteroatoms. The maximum absolute atomic E-state index is 11.8. The summed E-state index contributed by atoms with van der Waals surface area (Å²) in [5.41, 5.74) is 0.676. The van der Waals surface area contributed by atoms with Crippen LogP contribution in [0.5, 0.6) is 0 Å². The minimum atomic E-state index is -3.40. The third-order valence-electron chi connectivity index (χ3n) is 2.33. The van der Waals surface area contributed by atoms with Crippen LogP contribution in [0.25, 0.3) is 0 Å². The molecule has 0 aliphatic heterocycles. The molecule has 0 aliphatic rings. The van der Waals surface area contributed by atoms with Gasteiger partial charge in [0.15, 0.2) is 0 Å². The molecule has 17 heavy (non-hydrogen) atoms. The third-order valence-corrected chi connectivity index (χ3v) is 3.61.